The van der Waals surface area contributed by atoms with Crippen LogP contribution in [0.2, 0.25) is 0 Å². The Morgan fingerprint density at radius 2 is 1.81 bits per heavy atom. The van der Waals surface area contributed by atoms with Crippen molar-refractivity contribution in [2.75, 3.05) is 26.4 Å². The molecule has 2 aromatic carbocycles. The molecule has 0 aliphatic heterocycles. The third kappa shape index (κ3) is 5.79. The Balaban J connectivity index is 1.91. The van der Waals surface area contributed by atoms with Gasteiger partial charge in [-0.05, 0) is 61.1 Å². The molecule has 27 heavy (non-hydrogen) atoms. The topological polar surface area (TPSA) is 66.5 Å². The Labute approximate surface area is 164 Å². The minimum absolute atomic E-state index is 0.0927. The van der Waals surface area contributed by atoms with Crippen molar-refractivity contribution in [3.05, 3.63) is 59.4 Å². The van der Waals surface area contributed by atoms with Gasteiger partial charge in [0.15, 0.2) is 0 Å². The maximum absolute atomic E-state index is 12.9. The van der Waals surface area contributed by atoms with Crippen LogP contribution in [-0.2, 0) is 10.0 Å². The standard InChI is InChI=1S/C19H23FN2O3S2/c1-14-5-10-17(27(24,25)22(2)3)13-18(14)19(23)21-11-4-12-26-16-8-6-15(20)7-9-16/h5-10,13H,4,11-12H2,1-3H3,(H,21,23). The SMILES string of the molecule is Cc1ccc(S(=O)(=O)N(C)C)cc1C(=O)NCCCSc1ccc(F)cc1. The Kier molecular flexibility index (Phi) is 7.41. The maximum Gasteiger partial charge on any atom is 0.251 e. The molecule has 5 nitrogen and oxygen atoms in total. The molecule has 0 fully saturated rings. The molecule has 0 atom stereocenters. The van der Waals surface area contributed by atoms with Gasteiger partial charge in [-0.25, -0.2) is 17.1 Å². The van der Waals surface area contributed by atoms with Gasteiger partial charge in [-0.3, -0.25) is 4.79 Å². The van der Waals surface area contributed by atoms with Crippen molar-refractivity contribution in [1.82, 2.24) is 9.62 Å². The van der Waals surface area contributed by atoms with Crippen LogP contribution in [-0.4, -0.2) is 45.0 Å². The highest BCUT2D eigenvalue weighted by Crippen LogP contribution is 2.19. The molecule has 0 aliphatic carbocycles. The number of nitrogens with one attached hydrogen (secondary N) is 1. The minimum Gasteiger partial charge on any atom is -0.352 e. The third-order valence-electron chi connectivity index (χ3n) is 3.92. The van der Waals surface area contributed by atoms with Crippen molar-refractivity contribution in [2.24, 2.45) is 0 Å². The Morgan fingerprint density at radius 1 is 1.15 bits per heavy atom. The molecule has 0 bridgehead atoms. The van der Waals surface area contributed by atoms with Crippen molar-refractivity contribution >= 4 is 27.7 Å². The number of nitrogens with zero attached hydrogens (tertiary/aromatic N) is 1. The lowest BCUT2D eigenvalue weighted by atomic mass is 10.1. The van der Waals surface area contributed by atoms with E-state index < -0.39 is 10.0 Å². The first-order valence-corrected chi connectivity index (χ1v) is 10.8. The highest BCUT2D eigenvalue weighted by Gasteiger charge is 2.20. The van der Waals surface area contributed by atoms with Crippen LogP contribution in [0.3, 0.4) is 0 Å². The fourth-order valence-corrected chi connectivity index (χ4v) is 4.09. The predicted molar refractivity (Wildman–Crippen MR) is 106 cm³/mol. The summed E-state index contributed by atoms with van der Waals surface area (Å²) in [6, 6.07) is 10.8. The summed E-state index contributed by atoms with van der Waals surface area (Å²) >= 11 is 1.59. The first-order valence-electron chi connectivity index (χ1n) is 8.41. The fraction of sp³-hybridized carbons (Fsp3) is 0.316. The molecule has 0 radical (unpaired) electrons. The van der Waals surface area contributed by atoms with E-state index in [-0.39, 0.29) is 16.6 Å². The van der Waals surface area contributed by atoms with Crippen LogP contribution in [0, 0.1) is 12.7 Å². The molecule has 2 aromatic rings. The summed E-state index contributed by atoms with van der Waals surface area (Å²) in [5, 5.41) is 2.82. The molecular formula is C19H23FN2O3S2. The lowest BCUT2D eigenvalue weighted by Crippen LogP contribution is -2.27. The van der Waals surface area contributed by atoms with Crippen LogP contribution < -0.4 is 5.32 Å². The largest absolute Gasteiger partial charge is 0.352 e. The molecule has 1 N–H and O–H groups in total. The van der Waals surface area contributed by atoms with E-state index in [9.17, 15) is 17.6 Å². The van der Waals surface area contributed by atoms with E-state index in [1.165, 1.54) is 38.4 Å². The van der Waals surface area contributed by atoms with E-state index in [4.69, 9.17) is 0 Å². The van der Waals surface area contributed by atoms with Gasteiger partial charge in [-0.15, -0.1) is 11.8 Å². The molecule has 0 unspecified atom stereocenters. The number of hydrogen-bond acceptors (Lipinski definition) is 4. The van der Waals surface area contributed by atoms with Gasteiger partial charge >= 0.3 is 0 Å². The number of amides is 1. The van der Waals surface area contributed by atoms with E-state index in [1.807, 2.05) is 0 Å². The monoisotopic (exact) mass is 410 g/mol. The molecule has 0 aromatic heterocycles. The molecule has 2 rings (SSSR count). The highest BCUT2D eigenvalue weighted by atomic mass is 32.2. The van der Waals surface area contributed by atoms with Crippen molar-refractivity contribution in [2.45, 2.75) is 23.1 Å². The van der Waals surface area contributed by atoms with Gasteiger partial charge in [-0.2, -0.15) is 0 Å². The number of rotatable bonds is 8. The third-order valence-corrected chi connectivity index (χ3v) is 6.83. The summed E-state index contributed by atoms with van der Waals surface area (Å²) in [6.07, 6.45) is 0.739. The Hall–Kier alpha value is -1.90. The van der Waals surface area contributed by atoms with E-state index in [0.717, 1.165) is 21.4 Å². The van der Waals surface area contributed by atoms with Crippen LogP contribution >= 0.6 is 11.8 Å². The van der Waals surface area contributed by atoms with Crippen molar-refractivity contribution in [3.63, 3.8) is 0 Å². The van der Waals surface area contributed by atoms with Crippen molar-refractivity contribution in [1.29, 1.82) is 0 Å². The van der Waals surface area contributed by atoms with Gasteiger partial charge in [0.25, 0.3) is 5.91 Å². The fourth-order valence-electron chi connectivity index (χ4n) is 2.31. The molecule has 8 heteroatoms. The average molecular weight is 411 g/mol. The molecule has 0 spiro atoms. The summed E-state index contributed by atoms with van der Waals surface area (Å²) in [4.78, 5) is 13.5. The van der Waals surface area contributed by atoms with Gasteiger partial charge in [0.2, 0.25) is 10.0 Å². The number of carbonyl (C=O) groups excluding carboxylic acids is 1. The molecule has 0 aliphatic rings. The molecular weight excluding hydrogens is 387 g/mol. The molecule has 1 amide bonds. The molecule has 146 valence electrons. The first kappa shape index (κ1) is 21.4. The molecule has 0 heterocycles. The predicted octanol–water partition coefficient (Wildman–Crippen LogP) is 3.30. The lowest BCUT2D eigenvalue weighted by molar-refractivity contribution is 0.0953. The summed E-state index contributed by atoms with van der Waals surface area (Å²) in [5.74, 6) is 0.218. The number of thioether (sulfide) groups is 1. The lowest BCUT2D eigenvalue weighted by Gasteiger charge is -2.14. The van der Waals surface area contributed by atoms with Crippen LogP contribution in [0.25, 0.3) is 0 Å². The second-order valence-corrected chi connectivity index (χ2v) is 9.50. The summed E-state index contributed by atoms with van der Waals surface area (Å²) < 4.78 is 38.5. The smallest absolute Gasteiger partial charge is 0.251 e. The Morgan fingerprint density at radius 3 is 2.44 bits per heavy atom. The van der Waals surface area contributed by atoms with Gasteiger partial charge in [0.1, 0.15) is 5.82 Å². The number of sulfonamides is 1. The zero-order valence-corrected chi connectivity index (χ0v) is 17.2. The van der Waals surface area contributed by atoms with E-state index in [1.54, 1.807) is 36.9 Å². The minimum atomic E-state index is -3.59. The van der Waals surface area contributed by atoms with E-state index in [0.29, 0.717) is 17.7 Å². The highest BCUT2D eigenvalue weighted by molar-refractivity contribution is 7.99. The van der Waals surface area contributed by atoms with Crippen LogP contribution in [0.1, 0.15) is 22.3 Å². The van der Waals surface area contributed by atoms with Gasteiger partial charge in [0.05, 0.1) is 4.90 Å². The van der Waals surface area contributed by atoms with E-state index >= 15 is 0 Å². The maximum atomic E-state index is 12.9. The Bertz CT molecular complexity index is 898. The van der Waals surface area contributed by atoms with Crippen molar-refractivity contribution in [3.8, 4) is 0 Å². The number of hydrogen-bond donors (Lipinski definition) is 1. The van der Waals surface area contributed by atoms with E-state index in [2.05, 4.69) is 5.32 Å². The summed E-state index contributed by atoms with van der Waals surface area (Å²) in [5.41, 5.74) is 1.06. The van der Waals surface area contributed by atoms with Crippen LogP contribution in [0.5, 0.6) is 0 Å². The summed E-state index contributed by atoms with van der Waals surface area (Å²) in [6.45, 7) is 2.24. The summed E-state index contributed by atoms with van der Waals surface area (Å²) in [7, 11) is -0.685. The quantitative estimate of drug-likeness (QED) is 0.536. The normalized spacial score (nSPS) is 11.6. The van der Waals surface area contributed by atoms with Crippen LogP contribution in [0.15, 0.2) is 52.3 Å². The van der Waals surface area contributed by atoms with Crippen LogP contribution in [0.4, 0.5) is 4.39 Å². The second kappa shape index (κ2) is 9.34. The van der Waals surface area contributed by atoms with Gasteiger partial charge in [-0.1, -0.05) is 6.07 Å². The average Bonchev–Trinajstić information content (AvgIpc) is 2.62. The zero-order chi connectivity index (χ0) is 20.0. The number of benzene rings is 2. The zero-order valence-electron chi connectivity index (χ0n) is 15.5. The molecule has 0 saturated heterocycles. The van der Waals surface area contributed by atoms with Gasteiger partial charge < -0.3 is 5.32 Å². The number of carbonyl (C=O) groups is 1. The number of aryl methyl sites for hydroxylation is 1. The second-order valence-electron chi connectivity index (χ2n) is 6.18. The van der Waals surface area contributed by atoms with Crippen molar-refractivity contribution < 1.29 is 17.6 Å². The first-order chi connectivity index (χ1) is 12.7. The van der Waals surface area contributed by atoms with Gasteiger partial charge in [0, 0.05) is 31.1 Å². The number of halogens is 1. The molecule has 0 saturated carbocycles.